The fourth-order valence-corrected chi connectivity index (χ4v) is 4.99. The normalized spacial score (nSPS) is 24.8. The molecule has 3 heterocycles. The summed E-state index contributed by atoms with van der Waals surface area (Å²) >= 11 is 0. The van der Waals surface area contributed by atoms with Gasteiger partial charge in [0.2, 0.25) is 0 Å². The molecule has 2 aromatic rings. The van der Waals surface area contributed by atoms with Crippen molar-refractivity contribution in [3.05, 3.63) is 65.5 Å². The van der Waals surface area contributed by atoms with Crippen LogP contribution < -0.4 is 0 Å². The minimum atomic E-state index is 0.487. The van der Waals surface area contributed by atoms with Gasteiger partial charge in [-0.2, -0.15) is 0 Å². The minimum Gasteiger partial charge on any atom is -0.298 e. The van der Waals surface area contributed by atoms with E-state index in [1.807, 2.05) is 6.20 Å². The molecule has 1 spiro atoms. The van der Waals surface area contributed by atoms with E-state index < -0.39 is 0 Å². The van der Waals surface area contributed by atoms with E-state index in [1.165, 1.54) is 68.7 Å². The van der Waals surface area contributed by atoms with Gasteiger partial charge >= 0.3 is 0 Å². The lowest BCUT2D eigenvalue weighted by Gasteiger charge is -2.48. The molecule has 3 nitrogen and oxygen atoms in total. The fourth-order valence-electron chi connectivity index (χ4n) is 4.99. The van der Waals surface area contributed by atoms with Gasteiger partial charge in [0.1, 0.15) is 0 Å². The second-order valence-electron chi connectivity index (χ2n) is 8.36. The number of piperidine rings is 2. The van der Waals surface area contributed by atoms with Gasteiger partial charge in [-0.3, -0.25) is 14.8 Å². The minimum absolute atomic E-state index is 0.487. The van der Waals surface area contributed by atoms with Crippen LogP contribution in [0.4, 0.5) is 0 Å². The number of aromatic nitrogens is 1. The molecular weight excluding hydrogens is 318 g/mol. The van der Waals surface area contributed by atoms with E-state index in [4.69, 9.17) is 0 Å². The smallest absolute Gasteiger partial charge is 0.0417 e. The van der Waals surface area contributed by atoms with Crippen LogP contribution in [-0.4, -0.2) is 41.0 Å². The van der Waals surface area contributed by atoms with Gasteiger partial charge in [0.25, 0.3) is 0 Å². The van der Waals surface area contributed by atoms with Crippen molar-refractivity contribution < 1.29 is 0 Å². The molecule has 3 heteroatoms. The van der Waals surface area contributed by atoms with Gasteiger partial charge in [0.05, 0.1) is 0 Å². The van der Waals surface area contributed by atoms with Gasteiger partial charge in [-0.05, 0) is 68.3 Å². The standard InChI is InChI=1S/C23H31N3/c1-20-22(10-5-13-24-20)17-26-15-7-12-23(19-26)11-6-14-25(18-23)16-21-8-3-2-4-9-21/h2-5,8-10,13H,6-7,11-12,14-19H2,1H3. The summed E-state index contributed by atoms with van der Waals surface area (Å²) in [7, 11) is 0. The van der Waals surface area contributed by atoms with E-state index in [0.717, 1.165) is 13.1 Å². The summed E-state index contributed by atoms with van der Waals surface area (Å²) in [6, 6.07) is 15.3. The first-order valence-electron chi connectivity index (χ1n) is 10.1. The average Bonchev–Trinajstić information content (AvgIpc) is 2.65. The molecule has 0 saturated carbocycles. The molecule has 2 saturated heterocycles. The number of hydrogen-bond donors (Lipinski definition) is 0. The van der Waals surface area contributed by atoms with Crippen molar-refractivity contribution in [3.8, 4) is 0 Å². The average molecular weight is 350 g/mol. The van der Waals surface area contributed by atoms with Crippen molar-refractivity contribution in [2.45, 2.75) is 45.7 Å². The molecule has 0 aliphatic carbocycles. The van der Waals surface area contributed by atoms with Gasteiger partial charge in [0, 0.05) is 38.1 Å². The molecule has 0 radical (unpaired) electrons. The summed E-state index contributed by atoms with van der Waals surface area (Å²) in [5.41, 5.74) is 4.51. The molecule has 1 unspecified atom stereocenters. The Morgan fingerprint density at radius 3 is 2.27 bits per heavy atom. The monoisotopic (exact) mass is 349 g/mol. The zero-order chi connectivity index (χ0) is 17.8. The van der Waals surface area contributed by atoms with E-state index in [2.05, 4.69) is 64.2 Å². The Bertz CT molecular complexity index is 710. The predicted molar refractivity (Wildman–Crippen MR) is 107 cm³/mol. The maximum absolute atomic E-state index is 4.47. The van der Waals surface area contributed by atoms with E-state index in [9.17, 15) is 0 Å². The van der Waals surface area contributed by atoms with Crippen LogP contribution in [0.5, 0.6) is 0 Å². The zero-order valence-electron chi connectivity index (χ0n) is 16.0. The van der Waals surface area contributed by atoms with Crippen LogP contribution in [0.2, 0.25) is 0 Å². The maximum atomic E-state index is 4.47. The third-order valence-corrected chi connectivity index (χ3v) is 6.24. The fraction of sp³-hybridized carbons (Fsp3) is 0.522. The van der Waals surface area contributed by atoms with Crippen LogP contribution in [0.3, 0.4) is 0 Å². The quantitative estimate of drug-likeness (QED) is 0.822. The largest absolute Gasteiger partial charge is 0.298 e. The number of pyridine rings is 1. The highest BCUT2D eigenvalue weighted by atomic mass is 15.2. The van der Waals surface area contributed by atoms with Gasteiger partial charge in [-0.1, -0.05) is 36.4 Å². The summed E-state index contributed by atoms with van der Waals surface area (Å²) in [5.74, 6) is 0. The van der Waals surface area contributed by atoms with E-state index in [-0.39, 0.29) is 0 Å². The van der Waals surface area contributed by atoms with Crippen molar-refractivity contribution in [1.29, 1.82) is 0 Å². The molecular formula is C23H31N3. The lowest BCUT2D eigenvalue weighted by atomic mass is 9.73. The lowest BCUT2D eigenvalue weighted by molar-refractivity contribution is 0.00766. The molecule has 2 aliphatic heterocycles. The summed E-state index contributed by atoms with van der Waals surface area (Å²) in [4.78, 5) is 9.84. The van der Waals surface area contributed by atoms with Gasteiger partial charge in [0.15, 0.2) is 0 Å². The molecule has 1 atom stereocenters. The van der Waals surface area contributed by atoms with Crippen molar-refractivity contribution in [2.75, 3.05) is 26.2 Å². The van der Waals surface area contributed by atoms with Crippen LogP contribution in [-0.2, 0) is 13.1 Å². The van der Waals surface area contributed by atoms with Crippen LogP contribution in [0.25, 0.3) is 0 Å². The topological polar surface area (TPSA) is 19.4 Å². The second-order valence-corrected chi connectivity index (χ2v) is 8.36. The van der Waals surface area contributed by atoms with Crippen molar-refractivity contribution in [3.63, 3.8) is 0 Å². The number of hydrogen-bond acceptors (Lipinski definition) is 3. The number of benzene rings is 1. The molecule has 0 bridgehead atoms. The molecule has 2 fully saturated rings. The summed E-state index contributed by atoms with van der Waals surface area (Å²) in [6.45, 7) is 9.27. The predicted octanol–water partition coefficient (Wildman–Crippen LogP) is 4.27. The molecule has 0 amide bonds. The number of rotatable bonds is 4. The van der Waals surface area contributed by atoms with E-state index in [1.54, 1.807) is 0 Å². The second kappa shape index (κ2) is 7.89. The summed E-state index contributed by atoms with van der Waals surface area (Å²) in [5, 5.41) is 0. The van der Waals surface area contributed by atoms with Gasteiger partial charge < -0.3 is 0 Å². The number of aryl methyl sites for hydroxylation is 1. The molecule has 2 aliphatic rings. The Hall–Kier alpha value is -1.71. The first-order chi connectivity index (χ1) is 12.7. The van der Waals surface area contributed by atoms with Crippen LogP contribution >= 0.6 is 0 Å². The summed E-state index contributed by atoms with van der Waals surface area (Å²) < 4.78 is 0. The Balaban J connectivity index is 1.41. The maximum Gasteiger partial charge on any atom is 0.0417 e. The highest BCUT2D eigenvalue weighted by molar-refractivity contribution is 5.18. The lowest BCUT2D eigenvalue weighted by Crippen LogP contribution is -2.51. The van der Waals surface area contributed by atoms with Gasteiger partial charge in [-0.15, -0.1) is 0 Å². The molecule has 1 aromatic heterocycles. The third kappa shape index (κ3) is 4.16. The number of likely N-dealkylation sites (tertiary alicyclic amines) is 2. The molecule has 138 valence electrons. The SMILES string of the molecule is Cc1ncccc1CN1CCCC2(CCCN(Cc3ccccc3)C2)C1. The Kier molecular flexibility index (Phi) is 5.37. The Morgan fingerprint density at radius 1 is 0.885 bits per heavy atom. The molecule has 4 rings (SSSR count). The first kappa shape index (κ1) is 17.7. The summed E-state index contributed by atoms with van der Waals surface area (Å²) in [6.07, 6.45) is 7.35. The van der Waals surface area contributed by atoms with Gasteiger partial charge in [-0.25, -0.2) is 0 Å². The van der Waals surface area contributed by atoms with Crippen LogP contribution in [0.15, 0.2) is 48.7 Å². The number of nitrogens with zero attached hydrogens (tertiary/aromatic N) is 3. The van der Waals surface area contributed by atoms with Crippen molar-refractivity contribution in [1.82, 2.24) is 14.8 Å². The first-order valence-corrected chi connectivity index (χ1v) is 10.1. The molecule has 26 heavy (non-hydrogen) atoms. The van der Waals surface area contributed by atoms with E-state index >= 15 is 0 Å². The molecule has 1 aromatic carbocycles. The highest BCUT2D eigenvalue weighted by Crippen LogP contribution is 2.39. The third-order valence-electron chi connectivity index (χ3n) is 6.24. The van der Waals surface area contributed by atoms with Crippen molar-refractivity contribution >= 4 is 0 Å². The van der Waals surface area contributed by atoms with E-state index in [0.29, 0.717) is 5.41 Å². The highest BCUT2D eigenvalue weighted by Gasteiger charge is 2.39. The van der Waals surface area contributed by atoms with Crippen LogP contribution in [0.1, 0.15) is 42.5 Å². The molecule has 0 N–H and O–H groups in total. The Labute approximate surface area is 158 Å². The Morgan fingerprint density at radius 2 is 1.58 bits per heavy atom. The zero-order valence-corrected chi connectivity index (χ0v) is 16.0. The van der Waals surface area contributed by atoms with Crippen LogP contribution in [0, 0.1) is 12.3 Å². The van der Waals surface area contributed by atoms with Crippen molar-refractivity contribution in [2.24, 2.45) is 5.41 Å².